The Labute approximate surface area is 208 Å². The molecule has 2 aromatic rings. The molecule has 2 aromatic carbocycles. The molecule has 0 aliphatic rings. The molecule has 0 saturated heterocycles. The fourth-order valence-corrected chi connectivity index (χ4v) is 4.81. The van der Waals surface area contributed by atoms with Gasteiger partial charge in [0, 0.05) is 29.1 Å². The summed E-state index contributed by atoms with van der Waals surface area (Å²) in [4.78, 5) is 23.5. The molecular formula is C20H22Cl2NaO6P. The molecular weight excluding hydrogens is 461 g/mol. The van der Waals surface area contributed by atoms with E-state index in [0.717, 1.165) is 5.56 Å². The van der Waals surface area contributed by atoms with E-state index in [0.29, 0.717) is 21.4 Å². The van der Waals surface area contributed by atoms with Crippen molar-refractivity contribution in [1.82, 2.24) is 0 Å². The molecule has 0 bridgehead atoms. The van der Waals surface area contributed by atoms with Crippen LogP contribution in [0.1, 0.15) is 17.5 Å². The second kappa shape index (κ2) is 13.1. The Hall–Kier alpha value is -0.560. The van der Waals surface area contributed by atoms with Gasteiger partial charge in [-0.05, 0) is 30.3 Å². The zero-order valence-corrected chi connectivity index (χ0v) is 21.3. The number of hydrogen-bond donors (Lipinski definition) is 1. The van der Waals surface area contributed by atoms with Gasteiger partial charge in [0.2, 0.25) is 0 Å². The fourth-order valence-electron chi connectivity index (χ4n) is 2.72. The Morgan fingerprint density at radius 2 is 1.90 bits per heavy atom. The Morgan fingerprint density at radius 3 is 2.53 bits per heavy atom. The number of methoxy groups -OCH3 is 1. The average molecular weight is 483 g/mol. The summed E-state index contributed by atoms with van der Waals surface area (Å²) < 4.78 is 22.6. The molecule has 0 aromatic heterocycles. The zero-order valence-electron chi connectivity index (χ0n) is 16.8. The van der Waals surface area contributed by atoms with Crippen LogP contribution in [-0.4, -0.2) is 36.6 Å². The molecule has 0 aliphatic carbocycles. The van der Waals surface area contributed by atoms with Gasteiger partial charge in [0.05, 0.1) is 19.6 Å². The quantitative estimate of drug-likeness (QED) is 0.304. The number of benzene rings is 2. The number of rotatable bonds is 10. The zero-order chi connectivity index (χ0) is 21.4. The predicted octanol–water partition coefficient (Wildman–Crippen LogP) is 0.681. The van der Waals surface area contributed by atoms with Gasteiger partial charge in [0.25, 0.3) is 0 Å². The number of carbonyl (C=O) groups excluding carboxylic acids is 1. The van der Waals surface area contributed by atoms with E-state index in [1.165, 1.54) is 13.2 Å². The minimum absolute atomic E-state index is 0. The molecule has 2 atom stereocenters. The Bertz CT molecular complexity index is 881. The van der Waals surface area contributed by atoms with E-state index in [-0.39, 0.29) is 55.2 Å². The van der Waals surface area contributed by atoms with Gasteiger partial charge in [-0.25, -0.2) is 0 Å². The van der Waals surface area contributed by atoms with E-state index in [2.05, 4.69) is 4.74 Å². The van der Waals surface area contributed by atoms with Crippen molar-refractivity contribution in [3.8, 4) is 5.75 Å². The summed E-state index contributed by atoms with van der Waals surface area (Å²) >= 11 is 12.3. The van der Waals surface area contributed by atoms with E-state index in [9.17, 15) is 19.4 Å². The normalized spacial score (nSPS) is 13.6. The molecule has 158 valence electrons. The maximum absolute atomic E-state index is 12.4. The van der Waals surface area contributed by atoms with Crippen LogP contribution in [0.25, 0.3) is 0 Å². The van der Waals surface area contributed by atoms with Crippen molar-refractivity contribution in [3.05, 3.63) is 63.6 Å². The molecule has 0 radical (unpaired) electrons. The van der Waals surface area contributed by atoms with E-state index < -0.39 is 25.6 Å². The second-order valence-electron chi connectivity index (χ2n) is 6.54. The predicted molar refractivity (Wildman–Crippen MR) is 111 cm³/mol. The minimum atomic E-state index is -3.96. The smallest absolute Gasteiger partial charge is 0.799 e. The van der Waals surface area contributed by atoms with Crippen LogP contribution in [0, 0.1) is 0 Å². The topological polar surface area (TPSA) is 95.9 Å². The van der Waals surface area contributed by atoms with E-state index in [1.54, 1.807) is 6.07 Å². The van der Waals surface area contributed by atoms with Gasteiger partial charge in [0.15, 0.2) is 0 Å². The average Bonchev–Trinajstić information content (AvgIpc) is 2.65. The largest absolute Gasteiger partial charge is 1.00 e. The van der Waals surface area contributed by atoms with Gasteiger partial charge in [0.1, 0.15) is 12.4 Å². The van der Waals surface area contributed by atoms with Crippen LogP contribution in [-0.2, 0) is 27.1 Å². The third kappa shape index (κ3) is 9.29. The Morgan fingerprint density at radius 1 is 1.23 bits per heavy atom. The SMILES string of the molecule is COC(=O)CC(O)CP(=O)([O-])CCc1c(Cl)cc(Cl)cc1OCc1ccccc1.[Na+]. The van der Waals surface area contributed by atoms with Gasteiger partial charge >= 0.3 is 35.5 Å². The van der Waals surface area contributed by atoms with Crippen molar-refractivity contribution in [2.75, 3.05) is 19.4 Å². The third-order valence-corrected chi connectivity index (χ3v) is 6.62. The Balaban J connectivity index is 0.00000450. The van der Waals surface area contributed by atoms with Crippen LogP contribution in [0.15, 0.2) is 42.5 Å². The summed E-state index contributed by atoms with van der Waals surface area (Å²) in [7, 11) is -2.79. The number of ether oxygens (including phenoxy) is 2. The summed E-state index contributed by atoms with van der Waals surface area (Å²) in [6.45, 7) is 0.275. The van der Waals surface area contributed by atoms with Gasteiger partial charge in [-0.15, -0.1) is 0 Å². The van der Waals surface area contributed by atoms with E-state index >= 15 is 0 Å². The second-order valence-corrected chi connectivity index (χ2v) is 9.83. The molecule has 0 amide bonds. The van der Waals surface area contributed by atoms with Crippen molar-refractivity contribution >= 4 is 36.5 Å². The van der Waals surface area contributed by atoms with Crippen LogP contribution >= 0.6 is 30.6 Å². The number of aliphatic hydroxyl groups excluding tert-OH is 1. The summed E-state index contributed by atoms with van der Waals surface area (Å²) in [5, 5.41) is 10.5. The summed E-state index contributed by atoms with van der Waals surface area (Å²) in [6.07, 6.45) is -2.37. The monoisotopic (exact) mass is 482 g/mol. The van der Waals surface area contributed by atoms with Crippen LogP contribution < -0.4 is 39.2 Å². The van der Waals surface area contributed by atoms with Crippen LogP contribution in [0.4, 0.5) is 0 Å². The van der Waals surface area contributed by atoms with Gasteiger partial charge in [-0.1, -0.05) is 53.5 Å². The standard InChI is InChI=1S/C20H23Cl2O6P.Na/c1-27-20(24)11-16(23)13-29(25,26)8-7-17-18(22)9-15(21)10-19(17)28-12-14-5-3-2-4-6-14;/h2-6,9-10,16,23H,7-8,11-13H2,1H3,(H,25,26);/q;+1/p-1. The van der Waals surface area contributed by atoms with Crippen molar-refractivity contribution in [1.29, 1.82) is 0 Å². The van der Waals surface area contributed by atoms with E-state index in [1.807, 2.05) is 30.3 Å². The molecule has 0 aliphatic heterocycles. The first-order chi connectivity index (χ1) is 13.7. The Kier molecular flexibility index (Phi) is 12.0. The molecule has 30 heavy (non-hydrogen) atoms. The van der Waals surface area contributed by atoms with Gasteiger partial charge in [-0.2, -0.15) is 0 Å². The fraction of sp³-hybridized carbons (Fsp3) is 0.350. The van der Waals surface area contributed by atoms with Crippen molar-refractivity contribution in [3.63, 3.8) is 0 Å². The third-order valence-electron chi connectivity index (χ3n) is 4.18. The number of esters is 1. The van der Waals surface area contributed by atoms with Crippen molar-refractivity contribution < 1.29 is 58.4 Å². The number of hydrogen-bond acceptors (Lipinski definition) is 6. The first-order valence-corrected chi connectivity index (χ1v) is 11.6. The first kappa shape index (κ1) is 27.5. The molecule has 6 nitrogen and oxygen atoms in total. The molecule has 0 saturated carbocycles. The number of aliphatic hydroxyl groups is 1. The minimum Gasteiger partial charge on any atom is -0.799 e. The summed E-state index contributed by atoms with van der Waals surface area (Å²) in [5.41, 5.74) is 1.46. The molecule has 2 rings (SSSR count). The molecule has 1 N–H and O–H groups in total. The van der Waals surface area contributed by atoms with Crippen LogP contribution in [0.2, 0.25) is 10.0 Å². The number of carbonyl (C=O) groups is 1. The molecule has 0 fully saturated rings. The maximum Gasteiger partial charge on any atom is 1.00 e. The van der Waals surface area contributed by atoms with E-state index in [4.69, 9.17) is 27.9 Å². The molecule has 2 unspecified atom stereocenters. The first-order valence-electron chi connectivity index (χ1n) is 8.89. The number of halogens is 2. The van der Waals surface area contributed by atoms with Crippen LogP contribution in [0.5, 0.6) is 5.75 Å². The molecule has 0 spiro atoms. The van der Waals surface area contributed by atoms with Gasteiger partial charge < -0.3 is 24.0 Å². The maximum atomic E-state index is 12.4. The molecule has 0 heterocycles. The van der Waals surface area contributed by atoms with Crippen LogP contribution in [0.3, 0.4) is 0 Å². The summed E-state index contributed by atoms with van der Waals surface area (Å²) in [5.74, 6) is -0.267. The van der Waals surface area contributed by atoms with Gasteiger partial charge in [-0.3, -0.25) is 4.79 Å². The van der Waals surface area contributed by atoms with Crippen molar-refractivity contribution in [2.24, 2.45) is 0 Å². The summed E-state index contributed by atoms with van der Waals surface area (Å²) in [6, 6.07) is 12.6. The van der Waals surface area contributed by atoms with Crippen molar-refractivity contribution in [2.45, 2.75) is 25.6 Å². The molecule has 10 heteroatoms.